The Morgan fingerprint density at radius 2 is 1.68 bits per heavy atom. The number of nitrogens with one attached hydrogen (secondary N) is 2. The highest BCUT2D eigenvalue weighted by Crippen LogP contribution is 2.28. The number of benzene rings is 2. The van der Waals surface area contributed by atoms with Crippen molar-refractivity contribution in [3.05, 3.63) is 48.0 Å². The summed E-state index contributed by atoms with van der Waals surface area (Å²) in [5, 5.41) is 7.75. The standard InChI is InChI=1S/C26H33N5O3/c1-31(2)25-20-7-5-6-8-21(20)29-26(30-25)28-19-12-10-18(11-13-19)27-24(32)16-17-9-14-22(33-3)23(15-17)34-4/h5-9,14-15,18-19H,10-13,16H2,1-4H3,(H,27,32)(H,28,29,30). The molecule has 4 rings (SSSR count). The number of methoxy groups -OCH3 is 2. The molecule has 0 unspecified atom stereocenters. The fourth-order valence-corrected chi connectivity index (χ4v) is 4.48. The Balaban J connectivity index is 1.31. The van der Waals surface area contributed by atoms with Crippen molar-refractivity contribution in [3.63, 3.8) is 0 Å². The second-order valence-corrected chi connectivity index (χ2v) is 8.91. The predicted octanol–water partition coefficient (Wildman–Crippen LogP) is 3.80. The van der Waals surface area contributed by atoms with Crippen LogP contribution in [0, 0.1) is 0 Å². The van der Waals surface area contributed by atoms with E-state index >= 15 is 0 Å². The maximum atomic E-state index is 12.6. The average Bonchev–Trinajstić information content (AvgIpc) is 2.84. The third kappa shape index (κ3) is 5.50. The van der Waals surface area contributed by atoms with Gasteiger partial charge < -0.3 is 25.0 Å². The Hall–Kier alpha value is -3.55. The number of ether oxygens (including phenoxy) is 2. The van der Waals surface area contributed by atoms with Gasteiger partial charge in [0.15, 0.2) is 11.5 Å². The molecule has 1 saturated carbocycles. The van der Waals surface area contributed by atoms with Crippen molar-refractivity contribution in [2.75, 3.05) is 38.5 Å². The number of hydrogen-bond donors (Lipinski definition) is 2. The minimum atomic E-state index is 0.0251. The Bertz CT molecular complexity index is 1140. The van der Waals surface area contributed by atoms with E-state index in [9.17, 15) is 4.79 Å². The smallest absolute Gasteiger partial charge is 0.225 e. The maximum Gasteiger partial charge on any atom is 0.225 e. The second kappa shape index (κ2) is 10.6. The molecule has 1 amide bonds. The van der Waals surface area contributed by atoms with E-state index in [1.807, 2.05) is 61.5 Å². The van der Waals surface area contributed by atoms with E-state index < -0.39 is 0 Å². The molecule has 0 radical (unpaired) electrons. The van der Waals surface area contributed by atoms with Crippen LogP contribution in [0.5, 0.6) is 11.5 Å². The molecular weight excluding hydrogens is 430 g/mol. The summed E-state index contributed by atoms with van der Waals surface area (Å²) in [6.45, 7) is 0. The first-order valence-corrected chi connectivity index (χ1v) is 11.7. The summed E-state index contributed by atoms with van der Waals surface area (Å²) in [7, 11) is 7.18. The molecule has 1 aromatic heterocycles. The maximum absolute atomic E-state index is 12.6. The normalized spacial score (nSPS) is 17.8. The molecule has 0 atom stereocenters. The van der Waals surface area contributed by atoms with Gasteiger partial charge in [-0.25, -0.2) is 4.98 Å². The molecule has 1 aliphatic rings. The second-order valence-electron chi connectivity index (χ2n) is 8.91. The minimum absolute atomic E-state index is 0.0251. The fraction of sp³-hybridized carbons (Fsp3) is 0.423. The number of anilines is 2. The molecule has 180 valence electrons. The number of amides is 1. The van der Waals surface area contributed by atoms with E-state index in [4.69, 9.17) is 19.4 Å². The molecule has 2 N–H and O–H groups in total. The van der Waals surface area contributed by atoms with E-state index in [0.717, 1.165) is 48.0 Å². The van der Waals surface area contributed by atoms with Crippen LogP contribution in [0.15, 0.2) is 42.5 Å². The van der Waals surface area contributed by atoms with Crippen LogP contribution in [-0.2, 0) is 11.2 Å². The van der Waals surface area contributed by atoms with Gasteiger partial charge >= 0.3 is 0 Å². The molecule has 0 saturated heterocycles. The van der Waals surface area contributed by atoms with E-state index in [-0.39, 0.29) is 18.0 Å². The van der Waals surface area contributed by atoms with Crippen LogP contribution in [0.25, 0.3) is 10.9 Å². The lowest BCUT2D eigenvalue weighted by molar-refractivity contribution is -0.121. The van der Waals surface area contributed by atoms with Crippen LogP contribution < -0.4 is 25.0 Å². The summed E-state index contributed by atoms with van der Waals surface area (Å²) in [5.74, 6) is 2.88. The van der Waals surface area contributed by atoms with Crippen molar-refractivity contribution >= 4 is 28.6 Å². The Labute approximate surface area is 200 Å². The van der Waals surface area contributed by atoms with Crippen LogP contribution in [0.4, 0.5) is 11.8 Å². The highest BCUT2D eigenvalue weighted by atomic mass is 16.5. The highest BCUT2D eigenvalue weighted by Gasteiger charge is 2.23. The van der Waals surface area contributed by atoms with Gasteiger partial charge in [0.25, 0.3) is 0 Å². The first-order chi connectivity index (χ1) is 16.5. The van der Waals surface area contributed by atoms with Crippen LogP contribution in [0.1, 0.15) is 31.2 Å². The Morgan fingerprint density at radius 3 is 2.38 bits per heavy atom. The lowest BCUT2D eigenvalue weighted by Crippen LogP contribution is -2.40. The number of carbonyl (C=O) groups is 1. The minimum Gasteiger partial charge on any atom is -0.493 e. The molecule has 0 bridgehead atoms. The van der Waals surface area contributed by atoms with Crippen molar-refractivity contribution in [3.8, 4) is 11.5 Å². The largest absolute Gasteiger partial charge is 0.493 e. The van der Waals surface area contributed by atoms with E-state index in [2.05, 4.69) is 10.6 Å². The zero-order chi connectivity index (χ0) is 24.1. The molecule has 1 fully saturated rings. The summed E-state index contributed by atoms with van der Waals surface area (Å²) in [5.41, 5.74) is 1.83. The van der Waals surface area contributed by atoms with Gasteiger partial charge in [0, 0.05) is 31.6 Å². The SMILES string of the molecule is COc1ccc(CC(=O)NC2CCC(Nc3nc(N(C)C)c4ccccc4n3)CC2)cc1OC. The number of nitrogens with zero attached hydrogens (tertiary/aromatic N) is 3. The predicted molar refractivity (Wildman–Crippen MR) is 135 cm³/mol. The van der Waals surface area contributed by atoms with Crippen molar-refractivity contribution < 1.29 is 14.3 Å². The molecular formula is C26H33N5O3. The molecule has 34 heavy (non-hydrogen) atoms. The fourth-order valence-electron chi connectivity index (χ4n) is 4.48. The monoisotopic (exact) mass is 463 g/mol. The first-order valence-electron chi connectivity index (χ1n) is 11.7. The molecule has 0 spiro atoms. The van der Waals surface area contributed by atoms with Crippen molar-refractivity contribution in [1.29, 1.82) is 0 Å². The van der Waals surface area contributed by atoms with Crippen LogP contribution in [0.3, 0.4) is 0 Å². The van der Waals surface area contributed by atoms with E-state index in [0.29, 0.717) is 23.9 Å². The Morgan fingerprint density at radius 1 is 0.971 bits per heavy atom. The van der Waals surface area contributed by atoms with E-state index in [1.54, 1.807) is 14.2 Å². The molecule has 3 aromatic rings. The number of para-hydroxylation sites is 1. The average molecular weight is 464 g/mol. The van der Waals surface area contributed by atoms with Crippen molar-refractivity contribution in [2.24, 2.45) is 0 Å². The van der Waals surface area contributed by atoms with Crippen molar-refractivity contribution in [2.45, 2.75) is 44.2 Å². The summed E-state index contributed by atoms with van der Waals surface area (Å²) >= 11 is 0. The number of aromatic nitrogens is 2. The van der Waals surface area contributed by atoms with Crippen LogP contribution in [0.2, 0.25) is 0 Å². The van der Waals surface area contributed by atoms with Crippen LogP contribution >= 0.6 is 0 Å². The summed E-state index contributed by atoms with van der Waals surface area (Å²) in [6.07, 6.45) is 4.06. The van der Waals surface area contributed by atoms with E-state index in [1.165, 1.54) is 0 Å². The molecule has 0 aliphatic heterocycles. The third-order valence-corrected chi connectivity index (χ3v) is 6.24. The molecule has 1 aliphatic carbocycles. The van der Waals surface area contributed by atoms with Gasteiger partial charge in [0.05, 0.1) is 26.2 Å². The number of rotatable bonds is 8. The Kier molecular flexibility index (Phi) is 7.35. The van der Waals surface area contributed by atoms with Crippen molar-refractivity contribution in [1.82, 2.24) is 15.3 Å². The van der Waals surface area contributed by atoms with Gasteiger partial charge in [-0.3, -0.25) is 4.79 Å². The quantitative estimate of drug-likeness (QED) is 0.525. The third-order valence-electron chi connectivity index (χ3n) is 6.24. The van der Waals surface area contributed by atoms with Gasteiger partial charge in [-0.2, -0.15) is 4.98 Å². The molecule has 1 heterocycles. The molecule has 2 aromatic carbocycles. The van der Waals surface area contributed by atoms with Gasteiger partial charge in [-0.15, -0.1) is 0 Å². The van der Waals surface area contributed by atoms with Gasteiger partial charge in [-0.05, 0) is 55.5 Å². The summed E-state index contributed by atoms with van der Waals surface area (Å²) < 4.78 is 10.6. The molecule has 8 heteroatoms. The lowest BCUT2D eigenvalue weighted by atomic mass is 9.91. The van der Waals surface area contributed by atoms with Gasteiger partial charge in [0.1, 0.15) is 5.82 Å². The summed E-state index contributed by atoms with van der Waals surface area (Å²) in [4.78, 5) is 24.1. The molecule has 8 nitrogen and oxygen atoms in total. The summed E-state index contributed by atoms with van der Waals surface area (Å²) in [6, 6.07) is 14.1. The van der Waals surface area contributed by atoms with Crippen LogP contribution in [-0.4, -0.2) is 56.3 Å². The topological polar surface area (TPSA) is 88.6 Å². The number of hydrogen-bond acceptors (Lipinski definition) is 7. The zero-order valence-electron chi connectivity index (χ0n) is 20.3. The first kappa shape index (κ1) is 23.6. The van der Waals surface area contributed by atoms with Gasteiger partial charge in [0.2, 0.25) is 11.9 Å². The lowest BCUT2D eigenvalue weighted by Gasteiger charge is -2.30. The zero-order valence-corrected chi connectivity index (χ0v) is 20.3. The highest BCUT2D eigenvalue weighted by molar-refractivity contribution is 5.90. The number of fused-ring (bicyclic) bond motifs is 1. The van der Waals surface area contributed by atoms with Gasteiger partial charge in [-0.1, -0.05) is 18.2 Å². The number of carbonyl (C=O) groups excluding carboxylic acids is 1.